The van der Waals surface area contributed by atoms with E-state index >= 15 is 0 Å². The summed E-state index contributed by atoms with van der Waals surface area (Å²) in [6, 6.07) is 13.8. The van der Waals surface area contributed by atoms with Crippen LogP contribution < -0.4 is 4.74 Å². The van der Waals surface area contributed by atoms with E-state index in [-0.39, 0.29) is 5.71 Å². The summed E-state index contributed by atoms with van der Waals surface area (Å²) in [5.74, 6) is 0.273. The van der Waals surface area contributed by atoms with E-state index in [0.29, 0.717) is 30.2 Å². The number of cyclic esters (lactones) is 1. The van der Waals surface area contributed by atoms with Crippen LogP contribution in [0.1, 0.15) is 29.8 Å². The molecule has 0 N–H and O–H groups in total. The SMILES string of the molecule is CCOC(=O)c1ccc(N=C2C=C(c3ccc(OCC)cc3)OC2=O)cc1. The monoisotopic (exact) mass is 365 g/mol. The van der Waals surface area contributed by atoms with Gasteiger partial charge in [0.1, 0.15) is 11.5 Å². The van der Waals surface area contributed by atoms with Crippen LogP contribution >= 0.6 is 0 Å². The van der Waals surface area contributed by atoms with Gasteiger partial charge in [0.25, 0.3) is 0 Å². The van der Waals surface area contributed by atoms with Crippen LogP contribution in [0.2, 0.25) is 0 Å². The number of aliphatic imine (C=N–C) groups is 1. The van der Waals surface area contributed by atoms with Crippen molar-refractivity contribution in [2.45, 2.75) is 13.8 Å². The normalized spacial score (nSPS) is 14.7. The maximum absolute atomic E-state index is 12.1. The van der Waals surface area contributed by atoms with Crippen molar-refractivity contribution in [3.63, 3.8) is 0 Å². The third-order valence-electron chi connectivity index (χ3n) is 3.76. The number of carbonyl (C=O) groups is 2. The Balaban J connectivity index is 1.78. The summed E-state index contributed by atoms with van der Waals surface area (Å²) in [6.07, 6.45) is 1.59. The molecular weight excluding hydrogens is 346 g/mol. The van der Waals surface area contributed by atoms with Crippen molar-refractivity contribution in [1.29, 1.82) is 0 Å². The predicted molar refractivity (Wildman–Crippen MR) is 101 cm³/mol. The van der Waals surface area contributed by atoms with Crippen LogP contribution in [0.5, 0.6) is 5.75 Å². The van der Waals surface area contributed by atoms with Gasteiger partial charge < -0.3 is 14.2 Å². The Bertz CT molecular complexity index is 895. The number of hydrogen-bond acceptors (Lipinski definition) is 6. The maximum Gasteiger partial charge on any atom is 0.362 e. The number of esters is 2. The number of benzene rings is 2. The second kappa shape index (κ2) is 8.31. The summed E-state index contributed by atoms with van der Waals surface area (Å²) in [5.41, 5.74) is 1.93. The molecule has 6 nitrogen and oxygen atoms in total. The molecule has 0 atom stereocenters. The van der Waals surface area contributed by atoms with Gasteiger partial charge in [-0.2, -0.15) is 0 Å². The molecule has 2 aromatic carbocycles. The molecule has 27 heavy (non-hydrogen) atoms. The second-order valence-corrected chi connectivity index (χ2v) is 5.62. The fraction of sp³-hybridized carbons (Fsp3) is 0.190. The highest BCUT2D eigenvalue weighted by Crippen LogP contribution is 2.25. The number of ether oxygens (including phenoxy) is 3. The molecule has 0 saturated heterocycles. The average Bonchev–Trinajstić information content (AvgIpc) is 3.04. The van der Waals surface area contributed by atoms with E-state index < -0.39 is 11.9 Å². The minimum atomic E-state index is -0.520. The van der Waals surface area contributed by atoms with Crippen molar-refractivity contribution < 1.29 is 23.8 Å². The highest BCUT2D eigenvalue weighted by Gasteiger charge is 2.23. The molecule has 0 spiro atoms. The van der Waals surface area contributed by atoms with E-state index in [1.165, 1.54) is 0 Å². The molecule has 2 aromatic rings. The molecule has 0 bridgehead atoms. The molecule has 0 fully saturated rings. The molecule has 1 aliphatic heterocycles. The molecule has 3 rings (SSSR count). The first-order valence-corrected chi connectivity index (χ1v) is 8.63. The van der Waals surface area contributed by atoms with Gasteiger partial charge in [-0.05, 0) is 62.4 Å². The van der Waals surface area contributed by atoms with Crippen LogP contribution in [0, 0.1) is 0 Å². The molecule has 0 saturated carbocycles. The lowest BCUT2D eigenvalue weighted by atomic mass is 10.1. The van der Waals surface area contributed by atoms with Crippen molar-refractivity contribution >= 4 is 29.1 Å². The van der Waals surface area contributed by atoms with Gasteiger partial charge >= 0.3 is 11.9 Å². The van der Waals surface area contributed by atoms with Gasteiger partial charge in [0.15, 0.2) is 5.71 Å². The van der Waals surface area contributed by atoms with Crippen molar-refractivity contribution in [3.8, 4) is 5.75 Å². The Kier molecular flexibility index (Phi) is 5.66. The van der Waals surface area contributed by atoms with Crippen molar-refractivity contribution in [2.75, 3.05) is 13.2 Å². The summed E-state index contributed by atoms with van der Waals surface area (Å²) in [5, 5.41) is 0. The number of rotatable bonds is 6. The lowest BCUT2D eigenvalue weighted by Crippen LogP contribution is -2.06. The Morgan fingerprint density at radius 3 is 2.33 bits per heavy atom. The number of hydrogen-bond donors (Lipinski definition) is 0. The van der Waals surface area contributed by atoms with Crippen molar-refractivity contribution in [1.82, 2.24) is 0 Å². The van der Waals surface area contributed by atoms with Crippen LogP contribution in [0.15, 0.2) is 59.6 Å². The Hall–Kier alpha value is -3.41. The molecule has 138 valence electrons. The van der Waals surface area contributed by atoms with Gasteiger partial charge in [-0.15, -0.1) is 0 Å². The first kappa shape index (κ1) is 18.4. The van der Waals surface area contributed by atoms with E-state index in [2.05, 4.69) is 4.99 Å². The largest absolute Gasteiger partial charge is 0.494 e. The van der Waals surface area contributed by atoms with E-state index in [0.717, 1.165) is 11.3 Å². The van der Waals surface area contributed by atoms with E-state index in [4.69, 9.17) is 14.2 Å². The third kappa shape index (κ3) is 4.41. The summed E-state index contributed by atoms with van der Waals surface area (Å²) in [7, 11) is 0. The first-order chi connectivity index (χ1) is 13.1. The Morgan fingerprint density at radius 2 is 1.70 bits per heavy atom. The Labute approximate surface area is 157 Å². The van der Waals surface area contributed by atoms with Gasteiger partial charge in [-0.3, -0.25) is 0 Å². The van der Waals surface area contributed by atoms with Crippen LogP contribution in [-0.2, 0) is 14.3 Å². The zero-order valence-electron chi connectivity index (χ0n) is 15.1. The molecule has 0 aliphatic carbocycles. The van der Waals surface area contributed by atoms with Gasteiger partial charge in [0.05, 0.1) is 24.5 Å². The van der Waals surface area contributed by atoms with Crippen LogP contribution in [0.3, 0.4) is 0 Å². The fourth-order valence-corrected chi connectivity index (χ4v) is 2.49. The second-order valence-electron chi connectivity index (χ2n) is 5.62. The summed E-state index contributed by atoms with van der Waals surface area (Å²) in [6.45, 7) is 4.56. The summed E-state index contributed by atoms with van der Waals surface area (Å²) >= 11 is 0. The molecule has 0 amide bonds. The van der Waals surface area contributed by atoms with Crippen LogP contribution in [0.4, 0.5) is 5.69 Å². The fourth-order valence-electron chi connectivity index (χ4n) is 2.49. The minimum Gasteiger partial charge on any atom is -0.494 e. The molecule has 0 radical (unpaired) electrons. The minimum absolute atomic E-state index is 0.197. The van der Waals surface area contributed by atoms with Gasteiger partial charge in [0, 0.05) is 11.6 Å². The smallest absolute Gasteiger partial charge is 0.362 e. The number of nitrogens with zero attached hydrogens (tertiary/aromatic N) is 1. The van der Waals surface area contributed by atoms with Gasteiger partial charge in [-0.1, -0.05) is 0 Å². The highest BCUT2D eigenvalue weighted by molar-refractivity contribution is 6.46. The van der Waals surface area contributed by atoms with Crippen LogP contribution in [-0.4, -0.2) is 30.9 Å². The third-order valence-corrected chi connectivity index (χ3v) is 3.76. The summed E-state index contributed by atoms with van der Waals surface area (Å²) in [4.78, 5) is 28.1. The molecule has 1 heterocycles. The van der Waals surface area contributed by atoms with Gasteiger partial charge in [-0.25, -0.2) is 14.6 Å². The standard InChI is InChI=1S/C21H19NO5/c1-3-25-17-11-7-14(8-12-17)19-13-18(21(24)27-19)22-16-9-5-15(6-10-16)20(23)26-4-2/h5-13H,3-4H2,1-2H3. The number of carbonyl (C=O) groups excluding carboxylic acids is 2. The first-order valence-electron chi connectivity index (χ1n) is 8.63. The topological polar surface area (TPSA) is 74.2 Å². The van der Waals surface area contributed by atoms with Crippen molar-refractivity contribution in [3.05, 3.63) is 65.7 Å². The van der Waals surface area contributed by atoms with Crippen molar-refractivity contribution in [2.24, 2.45) is 4.99 Å². The molecule has 0 unspecified atom stereocenters. The predicted octanol–water partition coefficient (Wildman–Crippen LogP) is 3.93. The zero-order valence-corrected chi connectivity index (χ0v) is 15.1. The molecule has 1 aliphatic rings. The zero-order chi connectivity index (χ0) is 19.2. The van der Waals surface area contributed by atoms with E-state index in [9.17, 15) is 9.59 Å². The van der Waals surface area contributed by atoms with Crippen LogP contribution in [0.25, 0.3) is 5.76 Å². The summed E-state index contributed by atoms with van der Waals surface area (Å²) < 4.78 is 15.6. The average molecular weight is 365 g/mol. The lowest BCUT2D eigenvalue weighted by molar-refractivity contribution is -0.128. The maximum atomic E-state index is 12.1. The molecule has 0 aromatic heterocycles. The van der Waals surface area contributed by atoms with E-state index in [1.807, 2.05) is 31.2 Å². The lowest BCUT2D eigenvalue weighted by Gasteiger charge is -2.04. The quantitative estimate of drug-likeness (QED) is 0.725. The Morgan fingerprint density at radius 1 is 1.00 bits per heavy atom. The van der Waals surface area contributed by atoms with Gasteiger partial charge in [0.2, 0.25) is 0 Å². The molecule has 6 heteroatoms. The highest BCUT2D eigenvalue weighted by atomic mass is 16.5. The molecular formula is C21H19NO5. The van der Waals surface area contributed by atoms with E-state index in [1.54, 1.807) is 37.3 Å².